The first-order valence-electron chi connectivity index (χ1n) is 8.63. The van der Waals surface area contributed by atoms with E-state index >= 15 is 0 Å². The maximum Gasteiger partial charge on any atom is 0.250 e. The molecule has 1 aliphatic heterocycles. The van der Waals surface area contributed by atoms with E-state index in [4.69, 9.17) is 26.3 Å². The van der Waals surface area contributed by atoms with E-state index in [1.165, 1.54) is 12.1 Å². The molecule has 0 unspecified atom stereocenters. The standard InChI is InChI=1S/C19H20ClNO6S/c20-14-4-6-15(7-5-14)27-16-2-1-3-17(12-16)28(24,25)13-19(18(22)21-23)8-10-26-11-9-19/h1-7,12,23H,8-11,13H2,(H,21,22). The Bertz CT molecular complexity index is 939. The van der Waals surface area contributed by atoms with Crippen molar-refractivity contribution in [3.05, 3.63) is 53.6 Å². The van der Waals surface area contributed by atoms with Gasteiger partial charge in [0.15, 0.2) is 9.84 Å². The monoisotopic (exact) mass is 425 g/mol. The molecule has 0 aromatic heterocycles. The molecule has 1 amide bonds. The summed E-state index contributed by atoms with van der Waals surface area (Å²) in [7, 11) is -3.82. The van der Waals surface area contributed by atoms with Gasteiger partial charge in [-0.25, -0.2) is 13.9 Å². The summed E-state index contributed by atoms with van der Waals surface area (Å²) in [6, 6.07) is 12.7. The Morgan fingerprint density at radius 2 is 1.82 bits per heavy atom. The van der Waals surface area contributed by atoms with Crippen LogP contribution in [0.1, 0.15) is 12.8 Å². The molecule has 9 heteroatoms. The number of hydrogen-bond donors (Lipinski definition) is 2. The molecule has 0 bridgehead atoms. The molecular formula is C19H20ClNO6S. The molecule has 2 N–H and O–H groups in total. The Hall–Kier alpha value is -2.13. The molecule has 28 heavy (non-hydrogen) atoms. The van der Waals surface area contributed by atoms with Crippen molar-refractivity contribution in [1.82, 2.24) is 5.48 Å². The molecule has 1 saturated heterocycles. The fraction of sp³-hybridized carbons (Fsp3) is 0.316. The second-order valence-corrected chi connectivity index (χ2v) is 9.05. The van der Waals surface area contributed by atoms with Crippen molar-refractivity contribution in [2.45, 2.75) is 17.7 Å². The molecule has 2 aromatic rings. The van der Waals surface area contributed by atoms with Gasteiger partial charge in [0.2, 0.25) is 0 Å². The number of sulfone groups is 1. The van der Waals surface area contributed by atoms with Crippen LogP contribution in [0, 0.1) is 5.41 Å². The minimum atomic E-state index is -3.82. The average Bonchev–Trinajstić information content (AvgIpc) is 2.69. The molecular weight excluding hydrogens is 406 g/mol. The van der Waals surface area contributed by atoms with Crippen LogP contribution in [0.3, 0.4) is 0 Å². The maximum absolute atomic E-state index is 13.0. The fourth-order valence-electron chi connectivity index (χ4n) is 3.13. The summed E-state index contributed by atoms with van der Waals surface area (Å²) in [5.74, 6) is -0.288. The quantitative estimate of drug-likeness (QED) is 0.544. The third-order valence-corrected chi connectivity index (χ3v) is 6.87. The van der Waals surface area contributed by atoms with Crippen LogP contribution in [-0.4, -0.2) is 38.5 Å². The van der Waals surface area contributed by atoms with Gasteiger partial charge in [-0.05, 0) is 55.3 Å². The summed E-state index contributed by atoms with van der Waals surface area (Å²) < 4.78 is 36.9. The third-order valence-electron chi connectivity index (χ3n) is 4.71. The second-order valence-electron chi connectivity index (χ2n) is 6.62. The van der Waals surface area contributed by atoms with E-state index in [2.05, 4.69) is 0 Å². The van der Waals surface area contributed by atoms with Crippen molar-refractivity contribution in [3.8, 4) is 11.5 Å². The predicted molar refractivity (Wildman–Crippen MR) is 102 cm³/mol. The number of hydrogen-bond acceptors (Lipinski definition) is 6. The summed E-state index contributed by atoms with van der Waals surface area (Å²) >= 11 is 5.85. The van der Waals surface area contributed by atoms with Gasteiger partial charge in [-0.3, -0.25) is 10.0 Å². The zero-order chi connectivity index (χ0) is 20.2. The van der Waals surface area contributed by atoms with Crippen LogP contribution in [0.15, 0.2) is 53.4 Å². The van der Waals surface area contributed by atoms with Crippen LogP contribution >= 0.6 is 11.6 Å². The van der Waals surface area contributed by atoms with Crippen LogP contribution in [0.5, 0.6) is 11.5 Å². The molecule has 0 saturated carbocycles. The molecule has 0 spiro atoms. The summed E-state index contributed by atoms with van der Waals surface area (Å²) in [5, 5.41) is 9.65. The van der Waals surface area contributed by atoms with Gasteiger partial charge in [0.1, 0.15) is 11.5 Å². The molecule has 1 aliphatic rings. The molecule has 1 fully saturated rings. The first-order chi connectivity index (χ1) is 13.3. The summed E-state index contributed by atoms with van der Waals surface area (Å²) in [4.78, 5) is 12.3. The maximum atomic E-state index is 13.0. The van der Waals surface area contributed by atoms with Gasteiger partial charge in [0.25, 0.3) is 5.91 Å². The Balaban J connectivity index is 1.84. The normalized spacial score (nSPS) is 16.4. The smallest absolute Gasteiger partial charge is 0.250 e. The van der Waals surface area contributed by atoms with E-state index < -0.39 is 26.9 Å². The van der Waals surface area contributed by atoms with Gasteiger partial charge in [-0.2, -0.15) is 0 Å². The zero-order valence-corrected chi connectivity index (χ0v) is 16.5. The zero-order valence-electron chi connectivity index (χ0n) is 14.9. The Labute approximate surface area is 168 Å². The van der Waals surface area contributed by atoms with Gasteiger partial charge < -0.3 is 9.47 Å². The lowest BCUT2D eigenvalue weighted by molar-refractivity contribution is -0.143. The lowest BCUT2D eigenvalue weighted by Crippen LogP contribution is -2.47. The van der Waals surface area contributed by atoms with Crippen molar-refractivity contribution in [3.63, 3.8) is 0 Å². The Morgan fingerprint density at radius 3 is 2.46 bits per heavy atom. The van der Waals surface area contributed by atoms with E-state index in [-0.39, 0.29) is 31.0 Å². The predicted octanol–water partition coefficient (Wildman–Crippen LogP) is 3.21. The van der Waals surface area contributed by atoms with Crippen molar-refractivity contribution in [1.29, 1.82) is 0 Å². The number of amides is 1. The minimum Gasteiger partial charge on any atom is -0.457 e. The SMILES string of the molecule is O=C(NO)C1(CS(=O)(=O)c2cccc(Oc3ccc(Cl)cc3)c2)CCOCC1. The van der Waals surface area contributed by atoms with Crippen LogP contribution in [-0.2, 0) is 19.4 Å². The lowest BCUT2D eigenvalue weighted by atomic mass is 9.81. The number of carbonyl (C=O) groups is 1. The fourth-order valence-corrected chi connectivity index (χ4v) is 5.16. The van der Waals surface area contributed by atoms with Gasteiger partial charge in [-0.15, -0.1) is 0 Å². The number of hydroxylamine groups is 1. The first kappa shape index (κ1) is 20.6. The first-order valence-corrected chi connectivity index (χ1v) is 10.7. The Kier molecular flexibility index (Phi) is 6.24. The summed E-state index contributed by atoms with van der Waals surface area (Å²) in [5.41, 5.74) is 0.367. The van der Waals surface area contributed by atoms with E-state index in [1.807, 2.05) is 0 Å². The highest BCUT2D eigenvalue weighted by atomic mass is 35.5. The Morgan fingerprint density at radius 1 is 1.14 bits per heavy atom. The highest BCUT2D eigenvalue weighted by Crippen LogP contribution is 2.35. The molecule has 7 nitrogen and oxygen atoms in total. The van der Waals surface area contributed by atoms with Gasteiger partial charge >= 0.3 is 0 Å². The molecule has 0 radical (unpaired) electrons. The number of benzene rings is 2. The van der Waals surface area contributed by atoms with Crippen LogP contribution in [0.25, 0.3) is 0 Å². The van der Waals surface area contributed by atoms with Gasteiger partial charge in [-0.1, -0.05) is 17.7 Å². The highest BCUT2D eigenvalue weighted by Gasteiger charge is 2.44. The van der Waals surface area contributed by atoms with Crippen molar-refractivity contribution < 1.29 is 27.9 Å². The van der Waals surface area contributed by atoms with E-state index in [1.54, 1.807) is 41.9 Å². The number of carbonyl (C=O) groups excluding carboxylic acids is 1. The van der Waals surface area contributed by atoms with Crippen LogP contribution in [0.4, 0.5) is 0 Å². The van der Waals surface area contributed by atoms with E-state index in [9.17, 15) is 13.2 Å². The summed E-state index contributed by atoms with van der Waals surface area (Å²) in [6.07, 6.45) is 0.416. The molecule has 0 atom stereocenters. The average molecular weight is 426 g/mol. The molecule has 3 rings (SSSR count). The second kappa shape index (κ2) is 8.48. The largest absolute Gasteiger partial charge is 0.457 e. The number of ether oxygens (including phenoxy) is 2. The number of nitrogens with one attached hydrogen (secondary N) is 1. The van der Waals surface area contributed by atoms with Crippen molar-refractivity contribution in [2.75, 3.05) is 19.0 Å². The summed E-state index contributed by atoms with van der Waals surface area (Å²) in [6.45, 7) is 0.505. The van der Waals surface area contributed by atoms with E-state index in [0.29, 0.717) is 16.5 Å². The number of rotatable bonds is 6. The van der Waals surface area contributed by atoms with Gasteiger partial charge in [0, 0.05) is 18.2 Å². The topological polar surface area (TPSA) is 102 Å². The number of halogens is 1. The third kappa shape index (κ3) is 4.64. The van der Waals surface area contributed by atoms with Crippen molar-refractivity contribution >= 4 is 27.3 Å². The van der Waals surface area contributed by atoms with E-state index in [0.717, 1.165) is 0 Å². The molecule has 150 valence electrons. The lowest BCUT2D eigenvalue weighted by Gasteiger charge is -2.34. The van der Waals surface area contributed by atoms with Crippen LogP contribution in [0.2, 0.25) is 5.02 Å². The minimum absolute atomic E-state index is 0.0376. The molecule has 0 aliphatic carbocycles. The highest BCUT2D eigenvalue weighted by molar-refractivity contribution is 7.91. The molecule has 2 aromatic carbocycles. The van der Waals surface area contributed by atoms with Crippen LogP contribution < -0.4 is 10.2 Å². The van der Waals surface area contributed by atoms with Gasteiger partial charge in [0.05, 0.1) is 16.1 Å². The van der Waals surface area contributed by atoms with Crippen molar-refractivity contribution in [2.24, 2.45) is 5.41 Å². The molecule has 1 heterocycles.